The number of benzene rings is 2. The van der Waals surface area contributed by atoms with Gasteiger partial charge in [-0.15, -0.1) is 0 Å². The molecule has 0 saturated carbocycles. The number of hydrogen-bond donors (Lipinski definition) is 2. The summed E-state index contributed by atoms with van der Waals surface area (Å²) in [4.78, 5) is 14.5. The molecule has 3 aromatic rings. The second-order valence-corrected chi connectivity index (χ2v) is 8.33. The second kappa shape index (κ2) is 9.71. The Morgan fingerprint density at radius 3 is 2.61 bits per heavy atom. The highest BCUT2D eigenvalue weighted by atomic mass is 32.1. The fourth-order valence-corrected chi connectivity index (χ4v) is 4.14. The lowest BCUT2D eigenvalue weighted by Crippen LogP contribution is -2.47. The molecule has 2 N–H and O–H groups in total. The van der Waals surface area contributed by atoms with E-state index in [1.807, 2.05) is 6.92 Å². The Morgan fingerprint density at radius 1 is 1.07 bits per heavy atom. The molecule has 0 saturated heterocycles. The standard InChI is InChI=1S/C23H29N3OS/c1-17(13-18-11-12-28-16-18)25-23(27)24-15-21(26(2)3)14-20-9-6-8-19-7-4-5-10-22(19)20/h4-12,16-17,21H,13-15H2,1-3H3,(H2,24,25,27)/t17-,21-/m0/s1. The molecule has 2 atom stereocenters. The summed E-state index contributed by atoms with van der Waals surface area (Å²) in [5, 5.41) is 12.8. The number of likely N-dealkylation sites (N-methyl/N-ethyl adjacent to an activating group) is 1. The number of rotatable bonds is 8. The Labute approximate surface area is 171 Å². The van der Waals surface area contributed by atoms with E-state index in [9.17, 15) is 4.79 Å². The maximum absolute atomic E-state index is 12.3. The number of fused-ring (bicyclic) bond motifs is 1. The number of nitrogens with one attached hydrogen (secondary N) is 2. The molecule has 0 spiro atoms. The van der Waals surface area contributed by atoms with Gasteiger partial charge in [0.2, 0.25) is 0 Å². The van der Waals surface area contributed by atoms with Crippen molar-refractivity contribution >= 4 is 28.1 Å². The first-order valence-electron chi connectivity index (χ1n) is 9.71. The minimum Gasteiger partial charge on any atom is -0.337 e. The zero-order valence-corrected chi connectivity index (χ0v) is 17.6. The highest BCUT2D eigenvalue weighted by Crippen LogP contribution is 2.20. The topological polar surface area (TPSA) is 44.4 Å². The highest BCUT2D eigenvalue weighted by molar-refractivity contribution is 7.07. The van der Waals surface area contributed by atoms with Crippen LogP contribution in [-0.4, -0.2) is 43.7 Å². The van der Waals surface area contributed by atoms with Crippen LogP contribution in [0.5, 0.6) is 0 Å². The monoisotopic (exact) mass is 395 g/mol. The molecule has 0 radical (unpaired) electrons. The predicted molar refractivity (Wildman–Crippen MR) is 119 cm³/mol. The molecular weight excluding hydrogens is 366 g/mol. The number of carbonyl (C=O) groups excluding carboxylic acids is 1. The molecule has 2 aromatic carbocycles. The Hall–Kier alpha value is -2.37. The van der Waals surface area contributed by atoms with E-state index in [2.05, 4.69) is 88.9 Å². The lowest BCUT2D eigenvalue weighted by Gasteiger charge is -2.26. The zero-order chi connectivity index (χ0) is 19.9. The third-order valence-electron chi connectivity index (χ3n) is 5.06. The van der Waals surface area contributed by atoms with Crippen molar-refractivity contribution in [3.63, 3.8) is 0 Å². The Kier molecular flexibility index (Phi) is 7.06. The molecule has 148 valence electrons. The van der Waals surface area contributed by atoms with Gasteiger partial charge in [0.15, 0.2) is 0 Å². The maximum Gasteiger partial charge on any atom is 0.315 e. The molecule has 0 bridgehead atoms. The van der Waals surface area contributed by atoms with E-state index in [-0.39, 0.29) is 18.1 Å². The van der Waals surface area contributed by atoms with Crippen molar-refractivity contribution in [3.05, 3.63) is 70.4 Å². The maximum atomic E-state index is 12.3. The van der Waals surface area contributed by atoms with Crippen molar-refractivity contribution in [2.75, 3.05) is 20.6 Å². The van der Waals surface area contributed by atoms with Gasteiger partial charge < -0.3 is 15.5 Å². The lowest BCUT2D eigenvalue weighted by atomic mass is 9.98. The van der Waals surface area contributed by atoms with E-state index in [0.29, 0.717) is 6.54 Å². The van der Waals surface area contributed by atoms with Gasteiger partial charge in [-0.2, -0.15) is 11.3 Å². The van der Waals surface area contributed by atoms with Crippen LogP contribution in [0.3, 0.4) is 0 Å². The summed E-state index contributed by atoms with van der Waals surface area (Å²) in [6.45, 7) is 2.64. The molecule has 0 aliphatic heterocycles. The number of carbonyl (C=O) groups is 1. The van der Waals surface area contributed by atoms with Gasteiger partial charge in [-0.05, 0) is 72.6 Å². The Bertz CT molecular complexity index is 887. The van der Waals surface area contributed by atoms with Gasteiger partial charge in [-0.3, -0.25) is 0 Å². The quantitative estimate of drug-likeness (QED) is 0.597. The first-order valence-corrected chi connectivity index (χ1v) is 10.7. The molecule has 28 heavy (non-hydrogen) atoms. The normalized spacial score (nSPS) is 13.4. The van der Waals surface area contributed by atoms with E-state index in [4.69, 9.17) is 0 Å². The van der Waals surface area contributed by atoms with Gasteiger partial charge in [0.25, 0.3) is 0 Å². The van der Waals surface area contributed by atoms with Crippen LogP contribution >= 0.6 is 11.3 Å². The number of urea groups is 1. The van der Waals surface area contributed by atoms with Crippen molar-refractivity contribution in [1.82, 2.24) is 15.5 Å². The van der Waals surface area contributed by atoms with Crippen LogP contribution in [0.4, 0.5) is 4.79 Å². The third kappa shape index (κ3) is 5.57. The summed E-state index contributed by atoms with van der Waals surface area (Å²) in [7, 11) is 4.13. The van der Waals surface area contributed by atoms with E-state index < -0.39 is 0 Å². The fourth-order valence-electron chi connectivity index (χ4n) is 3.46. The molecule has 0 fully saturated rings. The van der Waals surface area contributed by atoms with Crippen molar-refractivity contribution in [1.29, 1.82) is 0 Å². The average Bonchev–Trinajstić information content (AvgIpc) is 3.17. The first kappa shape index (κ1) is 20.4. The van der Waals surface area contributed by atoms with Crippen LogP contribution in [-0.2, 0) is 12.8 Å². The van der Waals surface area contributed by atoms with Crippen LogP contribution in [0.25, 0.3) is 10.8 Å². The molecule has 0 aliphatic rings. The van der Waals surface area contributed by atoms with E-state index in [1.54, 1.807) is 11.3 Å². The minimum atomic E-state index is -0.104. The molecule has 0 unspecified atom stereocenters. The van der Waals surface area contributed by atoms with Crippen LogP contribution in [0, 0.1) is 0 Å². The van der Waals surface area contributed by atoms with Crippen LogP contribution < -0.4 is 10.6 Å². The smallest absolute Gasteiger partial charge is 0.315 e. The molecule has 1 heterocycles. The molecular formula is C23H29N3OS. The Morgan fingerprint density at radius 2 is 1.86 bits per heavy atom. The van der Waals surface area contributed by atoms with Crippen LogP contribution in [0.2, 0.25) is 0 Å². The second-order valence-electron chi connectivity index (χ2n) is 7.55. The predicted octanol–water partition coefficient (Wildman–Crippen LogP) is 4.30. The SMILES string of the molecule is C[C@@H](Cc1ccsc1)NC(=O)NC[C@H](Cc1cccc2ccccc12)N(C)C. The molecule has 0 aliphatic carbocycles. The fraction of sp³-hybridized carbons (Fsp3) is 0.348. The molecule has 3 rings (SSSR count). The van der Waals surface area contributed by atoms with Gasteiger partial charge in [-0.1, -0.05) is 42.5 Å². The van der Waals surface area contributed by atoms with Gasteiger partial charge in [0.1, 0.15) is 0 Å². The number of hydrogen-bond acceptors (Lipinski definition) is 3. The largest absolute Gasteiger partial charge is 0.337 e. The third-order valence-corrected chi connectivity index (χ3v) is 5.80. The Balaban J connectivity index is 1.56. The first-order chi connectivity index (χ1) is 13.5. The van der Waals surface area contributed by atoms with Gasteiger partial charge >= 0.3 is 6.03 Å². The van der Waals surface area contributed by atoms with Gasteiger partial charge in [0, 0.05) is 18.6 Å². The lowest BCUT2D eigenvalue weighted by molar-refractivity contribution is 0.229. The number of amides is 2. The van der Waals surface area contributed by atoms with E-state index >= 15 is 0 Å². The average molecular weight is 396 g/mol. The number of thiophene rings is 1. The summed E-state index contributed by atoms with van der Waals surface area (Å²) in [5.74, 6) is 0. The molecule has 1 aromatic heterocycles. The van der Waals surface area contributed by atoms with Crippen molar-refractivity contribution in [3.8, 4) is 0 Å². The molecule has 4 nitrogen and oxygen atoms in total. The van der Waals surface area contributed by atoms with Gasteiger partial charge in [0.05, 0.1) is 0 Å². The summed E-state index contributed by atoms with van der Waals surface area (Å²) < 4.78 is 0. The van der Waals surface area contributed by atoms with Gasteiger partial charge in [-0.25, -0.2) is 4.79 Å². The van der Waals surface area contributed by atoms with Crippen LogP contribution in [0.15, 0.2) is 59.3 Å². The number of nitrogens with zero attached hydrogens (tertiary/aromatic N) is 1. The summed E-state index contributed by atoms with van der Waals surface area (Å²) in [5.41, 5.74) is 2.57. The van der Waals surface area contributed by atoms with Crippen molar-refractivity contribution in [2.45, 2.75) is 31.8 Å². The van der Waals surface area contributed by atoms with E-state index in [1.165, 1.54) is 21.9 Å². The van der Waals surface area contributed by atoms with Crippen molar-refractivity contribution in [2.24, 2.45) is 0 Å². The molecule has 5 heteroatoms. The minimum absolute atomic E-state index is 0.102. The summed E-state index contributed by atoms with van der Waals surface area (Å²) in [6, 6.07) is 17.2. The van der Waals surface area contributed by atoms with E-state index in [0.717, 1.165) is 12.8 Å². The zero-order valence-electron chi connectivity index (χ0n) is 16.8. The van der Waals surface area contributed by atoms with Crippen molar-refractivity contribution < 1.29 is 4.79 Å². The summed E-state index contributed by atoms with van der Waals surface area (Å²) >= 11 is 1.69. The highest BCUT2D eigenvalue weighted by Gasteiger charge is 2.16. The summed E-state index contributed by atoms with van der Waals surface area (Å²) in [6.07, 6.45) is 1.74. The molecule has 2 amide bonds. The van der Waals surface area contributed by atoms with Crippen LogP contribution in [0.1, 0.15) is 18.1 Å².